The van der Waals surface area contributed by atoms with E-state index in [9.17, 15) is 13.2 Å². The molecule has 1 amide bonds. The minimum atomic E-state index is -3.66. The third kappa shape index (κ3) is 5.91. The maximum Gasteiger partial charge on any atom is 0.241 e. The van der Waals surface area contributed by atoms with E-state index in [0.717, 1.165) is 11.1 Å². The highest BCUT2D eigenvalue weighted by molar-refractivity contribution is 7.89. The van der Waals surface area contributed by atoms with Crippen LogP contribution in [0, 0.1) is 0 Å². The lowest BCUT2D eigenvalue weighted by Crippen LogP contribution is -2.26. The predicted octanol–water partition coefficient (Wildman–Crippen LogP) is 4.07. The predicted molar refractivity (Wildman–Crippen MR) is 126 cm³/mol. The van der Waals surface area contributed by atoms with Crippen molar-refractivity contribution in [3.05, 3.63) is 83.9 Å². The lowest BCUT2D eigenvalue weighted by molar-refractivity contribution is -0.116. The summed E-state index contributed by atoms with van der Waals surface area (Å²) in [4.78, 5) is 12.5. The van der Waals surface area contributed by atoms with Gasteiger partial charge in [0, 0.05) is 24.2 Å². The van der Waals surface area contributed by atoms with E-state index in [-0.39, 0.29) is 23.3 Å². The fraction of sp³-hybridized carbons (Fsp3) is 0.240. The van der Waals surface area contributed by atoms with Crippen LogP contribution in [-0.2, 0) is 21.2 Å². The summed E-state index contributed by atoms with van der Waals surface area (Å²) >= 11 is 0. The summed E-state index contributed by atoms with van der Waals surface area (Å²) in [5.74, 6) is 1.15. The lowest BCUT2D eigenvalue weighted by atomic mass is 10.1. The Bertz CT molecular complexity index is 1210. The Morgan fingerprint density at radius 1 is 0.939 bits per heavy atom. The number of sulfonamides is 1. The van der Waals surface area contributed by atoms with E-state index < -0.39 is 10.0 Å². The van der Waals surface area contributed by atoms with Gasteiger partial charge in [-0.25, -0.2) is 13.1 Å². The van der Waals surface area contributed by atoms with Crippen molar-refractivity contribution in [1.29, 1.82) is 0 Å². The van der Waals surface area contributed by atoms with Crippen LogP contribution < -0.4 is 19.5 Å². The molecule has 0 aliphatic carbocycles. The molecule has 0 spiro atoms. The topological polar surface area (TPSA) is 93.7 Å². The number of rotatable bonds is 8. The van der Waals surface area contributed by atoms with Crippen molar-refractivity contribution in [3.8, 4) is 11.5 Å². The number of fused-ring (bicyclic) bond motifs is 1. The summed E-state index contributed by atoms with van der Waals surface area (Å²) in [6.07, 6.45) is 0.758. The number of benzene rings is 3. The fourth-order valence-electron chi connectivity index (χ4n) is 3.55. The van der Waals surface area contributed by atoms with Crippen LogP contribution >= 0.6 is 0 Å². The van der Waals surface area contributed by atoms with Gasteiger partial charge in [-0.1, -0.05) is 42.5 Å². The van der Waals surface area contributed by atoms with Crippen molar-refractivity contribution >= 4 is 21.6 Å². The van der Waals surface area contributed by atoms with E-state index in [1.165, 1.54) is 0 Å². The molecule has 0 bridgehead atoms. The number of carbonyl (C=O) groups excluding carboxylic acids is 1. The maximum atomic E-state index is 12.7. The quantitative estimate of drug-likeness (QED) is 0.522. The first kappa shape index (κ1) is 22.8. The molecule has 3 aromatic carbocycles. The molecular weight excluding hydrogens is 440 g/mol. The molecular formula is C25H26N2O5S. The highest BCUT2D eigenvalue weighted by Gasteiger charge is 2.18. The van der Waals surface area contributed by atoms with E-state index in [1.54, 1.807) is 42.5 Å². The van der Waals surface area contributed by atoms with E-state index >= 15 is 0 Å². The van der Waals surface area contributed by atoms with E-state index in [2.05, 4.69) is 10.0 Å². The number of anilines is 1. The molecule has 0 saturated heterocycles. The van der Waals surface area contributed by atoms with E-state index in [4.69, 9.17) is 9.47 Å². The Balaban J connectivity index is 1.31. The van der Waals surface area contributed by atoms with E-state index in [1.807, 2.05) is 37.3 Å². The van der Waals surface area contributed by atoms with Gasteiger partial charge in [-0.2, -0.15) is 0 Å². The van der Waals surface area contributed by atoms with Gasteiger partial charge in [-0.3, -0.25) is 4.79 Å². The number of amides is 1. The third-order valence-corrected chi connectivity index (χ3v) is 6.89. The average molecular weight is 467 g/mol. The second-order valence-corrected chi connectivity index (χ2v) is 9.52. The molecule has 4 rings (SSSR count). The van der Waals surface area contributed by atoms with Crippen LogP contribution in [0.3, 0.4) is 0 Å². The molecule has 33 heavy (non-hydrogen) atoms. The number of carbonyl (C=O) groups is 1. The third-order valence-electron chi connectivity index (χ3n) is 5.33. The standard InChI is InChI=1S/C25H26N2O5S/c1-18(20-5-3-2-4-6-20)27-33(29,30)22-11-7-19(8-12-22)9-14-25(28)26-21-10-13-23-24(17-21)32-16-15-31-23/h2-8,10-13,17-18,27H,9,14-16H2,1H3,(H,26,28)/t18-/m1/s1. The summed E-state index contributed by atoms with van der Waals surface area (Å²) in [5.41, 5.74) is 2.41. The molecule has 0 unspecified atom stereocenters. The molecule has 1 heterocycles. The zero-order chi connectivity index (χ0) is 23.3. The number of ether oxygens (including phenoxy) is 2. The molecule has 0 aromatic heterocycles. The molecule has 0 saturated carbocycles. The van der Waals surface area contributed by atoms with Gasteiger partial charge in [0.25, 0.3) is 0 Å². The minimum absolute atomic E-state index is 0.137. The normalized spacial score (nSPS) is 13.8. The summed E-state index contributed by atoms with van der Waals surface area (Å²) < 4.78 is 39.1. The second-order valence-electron chi connectivity index (χ2n) is 7.80. The molecule has 8 heteroatoms. The monoisotopic (exact) mass is 466 g/mol. The van der Waals surface area contributed by atoms with Gasteiger partial charge in [0.2, 0.25) is 15.9 Å². The Hall–Kier alpha value is -3.36. The summed E-state index contributed by atoms with van der Waals surface area (Å²) in [5, 5.41) is 2.85. The van der Waals surface area contributed by atoms with Gasteiger partial charge in [-0.15, -0.1) is 0 Å². The minimum Gasteiger partial charge on any atom is -0.486 e. The molecule has 7 nitrogen and oxygen atoms in total. The average Bonchev–Trinajstić information content (AvgIpc) is 2.83. The molecule has 1 atom stereocenters. The molecule has 172 valence electrons. The SMILES string of the molecule is C[C@@H](NS(=O)(=O)c1ccc(CCC(=O)Nc2ccc3c(c2)OCCO3)cc1)c1ccccc1. The molecule has 1 aliphatic rings. The van der Waals surface area contributed by atoms with Crippen LogP contribution in [0.4, 0.5) is 5.69 Å². The van der Waals surface area contributed by atoms with Gasteiger partial charge >= 0.3 is 0 Å². The Labute approximate surface area is 193 Å². The smallest absolute Gasteiger partial charge is 0.241 e. The van der Waals surface area contributed by atoms with Crippen molar-refractivity contribution in [2.24, 2.45) is 0 Å². The number of aryl methyl sites for hydroxylation is 1. The molecule has 2 N–H and O–H groups in total. The van der Waals surface area contributed by atoms with Gasteiger partial charge in [0.05, 0.1) is 4.90 Å². The molecule has 0 fully saturated rings. The van der Waals surface area contributed by atoms with Crippen LogP contribution in [0.1, 0.15) is 30.5 Å². The maximum absolute atomic E-state index is 12.7. The first-order valence-corrected chi connectivity index (χ1v) is 12.2. The Morgan fingerprint density at radius 2 is 1.64 bits per heavy atom. The zero-order valence-corrected chi connectivity index (χ0v) is 19.1. The van der Waals surface area contributed by atoms with Crippen molar-refractivity contribution in [2.75, 3.05) is 18.5 Å². The van der Waals surface area contributed by atoms with Crippen LogP contribution in [-0.4, -0.2) is 27.5 Å². The van der Waals surface area contributed by atoms with Crippen LogP contribution in [0.2, 0.25) is 0 Å². The molecule has 3 aromatic rings. The Morgan fingerprint density at radius 3 is 2.36 bits per heavy atom. The lowest BCUT2D eigenvalue weighted by Gasteiger charge is -2.19. The van der Waals surface area contributed by atoms with Gasteiger partial charge in [0.15, 0.2) is 11.5 Å². The summed E-state index contributed by atoms with van der Waals surface area (Å²) in [7, 11) is -3.66. The second kappa shape index (κ2) is 10.1. The van der Waals surface area contributed by atoms with Crippen molar-refractivity contribution in [2.45, 2.75) is 30.7 Å². The van der Waals surface area contributed by atoms with Gasteiger partial charge in [0.1, 0.15) is 13.2 Å². The van der Waals surface area contributed by atoms with Crippen molar-refractivity contribution in [1.82, 2.24) is 4.72 Å². The first-order valence-electron chi connectivity index (χ1n) is 10.8. The highest BCUT2D eigenvalue weighted by Crippen LogP contribution is 2.32. The summed E-state index contributed by atoms with van der Waals surface area (Å²) in [6.45, 7) is 2.80. The van der Waals surface area contributed by atoms with Crippen LogP contribution in [0.5, 0.6) is 11.5 Å². The number of nitrogens with one attached hydrogen (secondary N) is 2. The summed E-state index contributed by atoms with van der Waals surface area (Å²) in [6, 6.07) is 20.9. The molecule has 0 radical (unpaired) electrons. The number of hydrogen-bond acceptors (Lipinski definition) is 5. The van der Waals surface area contributed by atoms with Gasteiger partial charge < -0.3 is 14.8 Å². The Kier molecular flexibility index (Phi) is 6.96. The van der Waals surface area contributed by atoms with Crippen LogP contribution in [0.15, 0.2) is 77.7 Å². The zero-order valence-electron chi connectivity index (χ0n) is 18.3. The largest absolute Gasteiger partial charge is 0.486 e. The fourth-order valence-corrected chi connectivity index (χ4v) is 4.78. The number of hydrogen-bond donors (Lipinski definition) is 2. The molecule has 1 aliphatic heterocycles. The van der Waals surface area contributed by atoms with Crippen molar-refractivity contribution in [3.63, 3.8) is 0 Å². The van der Waals surface area contributed by atoms with Crippen LogP contribution in [0.25, 0.3) is 0 Å². The van der Waals surface area contributed by atoms with E-state index in [0.29, 0.717) is 36.8 Å². The van der Waals surface area contributed by atoms with Gasteiger partial charge in [-0.05, 0) is 48.7 Å². The highest BCUT2D eigenvalue weighted by atomic mass is 32.2. The van der Waals surface area contributed by atoms with Crippen molar-refractivity contribution < 1.29 is 22.7 Å². The first-order chi connectivity index (χ1) is 15.9.